The molecule has 0 aromatic heterocycles. The molecule has 1 aromatic carbocycles. The van der Waals surface area contributed by atoms with E-state index in [1.54, 1.807) is 0 Å². The van der Waals surface area contributed by atoms with Gasteiger partial charge in [0, 0.05) is 12.3 Å². The predicted molar refractivity (Wildman–Crippen MR) is 79.0 cm³/mol. The van der Waals surface area contributed by atoms with Crippen LogP contribution in [0.15, 0.2) is 18.2 Å². The average molecular weight is 282 g/mol. The minimum atomic E-state index is -0.489. The van der Waals surface area contributed by atoms with Gasteiger partial charge in [0.1, 0.15) is 5.82 Å². The van der Waals surface area contributed by atoms with Gasteiger partial charge in [-0.3, -0.25) is 4.79 Å². The van der Waals surface area contributed by atoms with Gasteiger partial charge in [-0.1, -0.05) is 13.8 Å². The second-order valence-electron chi connectivity index (χ2n) is 5.18. The van der Waals surface area contributed by atoms with E-state index in [2.05, 4.69) is 19.2 Å². The summed E-state index contributed by atoms with van der Waals surface area (Å²) in [7, 11) is 0. The molecule has 1 rings (SSSR count). The second kappa shape index (κ2) is 8.53. The molecular formula is C15H23FN2O2. The van der Waals surface area contributed by atoms with Crippen LogP contribution < -0.4 is 11.1 Å². The molecule has 0 atom stereocenters. The maximum absolute atomic E-state index is 13.0. The molecule has 0 heterocycles. The maximum Gasteiger partial charge on any atom is 0.226 e. The molecule has 0 fully saturated rings. The van der Waals surface area contributed by atoms with E-state index < -0.39 is 5.82 Å². The highest BCUT2D eigenvalue weighted by molar-refractivity contribution is 5.91. The first-order valence-corrected chi connectivity index (χ1v) is 6.91. The van der Waals surface area contributed by atoms with E-state index in [0.717, 1.165) is 12.8 Å². The fraction of sp³-hybridized carbons (Fsp3) is 0.533. The van der Waals surface area contributed by atoms with Crippen molar-refractivity contribution < 1.29 is 13.9 Å². The molecule has 0 bridgehead atoms. The Morgan fingerprint density at radius 2 is 2.15 bits per heavy atom. The van der Waals surface area contributed by atoms with E-state index in [1.807, 2.05) is 0 Å². The minimum Gasteiger partial charge on any atom is -0.396 e. The molecule has 0 aliphatic heterocycles. The molecule has 3 N–H and O–H groups in total. The summed E-state index contributed by atoms with van der Waals surface area (Å²) < 4.78 is 18.3. The Morgan fingerprint density at radius 3 is 2.80 bits per heavy atom. The highest BCUT2D eigenvalue weighted by Gasteiger charge is 2.05. The molecule has 1 aromatic rings. The Kier molecular flexibility index (Phi) is 7.01. The number of amides is 1. The highest BCUT2D eigenvalue weighted by atomic mass is 19.1. The third kappa shape index (κ3) is 6.52. The summed E-state index contributed by atoms with van der Waals surface area (Å²) in [5, 5.41) is 2.65. The lowest BCUT2D eigenvalue weighted by molar-refractivity contribution is -0.117. The summed E-state index contributed by atoms with van der Waals surface area (Å²) >= 11 is 0. The normalized spacial score (nSPS) is 10.8. The van der Waals surface area contributed by atoms with Crippen molar-refractivity contribution in [2.24, 2.45) is 5.92 Å². The van der Waals surface area contributed by atoms with Gasteiger partial charge in [0.05, 0.1) is 18.7 Å². The number of rotatable bonds is 8. The molecule has 0 saturated carbocycles. The summed E-state index contributed by atoms with van der Waals surface area (Å²) in [4.78, 5) is 11.6. The topological polar surface area (TPSA) is 64.3 Å². The number of carbonyl (C=O) groups is 1. The van der Waals surface area contributed by atoms with Crippen molar-refractivity contribution in [1.82, 2.24) is 0 Å². The van der Waals surface area contributed by atoms with Gasteiger partial charge in [-0.2, -0.15) is 0 Å². The van der Waals surface area contributed by atoms with Crippen molar-refractivity contribution in [3.63, 3.8) is 0 Å². The van der Waals surface area contributed by atoms with Gasteiger partial charge >= 0.3 is 0 Å². The first-order valence-electron chi connectivity index (χ1n) is 6.91. The van der Waals surface area contributed by atoms with Gasteiger partial charge in [0.2, 0.25) is 5.91 Å². The van der Waals surface area contributed by atoms with Gasteiger partial charge in [-0.15, -0.1) is 0 Å². The molecule has 20 heavy (non-hydrogen) atoms. The largest absolute Gasteiger partial charge is 0.396 e. The SMILES string of the molecule is CC(C)CCCOCCC(=O)Nc1ccc(F)c(N)c1. The number of benzene rings is 1. The van der Waals surface area contributed by atoms with Gasteiger partial charge in [0.15, 0.2) is 0 Å². The van der Waals surface area contributed by atoms with E-state index in [9.17, 15) is 9.18 Å². The molecule has 5 heteroatoms. The molecule has 0 radical (unpaired) electrons. The Balaban J connectivity index is 2.18. The van der Waals surface area contributed by atoms with Crippen LogP contribution in [-0.4, -0.2) is 19.1 Å². The molecular weight excluding hydrogens is 259 g/mol. The molecule has 0 unspecified atom stereocenters. The number of nitrogens with two attached hydrogens (primary N) is 1. The van der Waals surface area contributed by atoms with Crippen LogP contribution >= 0.6 is 0 Å². The maximum atomic E-state index is 13.0. The van der Waals surface area contributed by atoms with E-state index >= 15 is 0 Å². The number of carbonyl (C=O) groups excluding carboxylic acids is 1. The monoisotopic (exact) mass is 282 g/mol. The number of nitrogen functional groups attached to an aromatic ring is 1. The van der Waals surface area contributed by atoms with E-state index in [1.165, 1.54) is 18.2 Å². The first-order chi connectivity index (χ1) is 9.49. The van der Waals surface area contributed by atoms with Gasteiger partial charge in [-0.05, 0) is 37.0 Å². The molecule has 0 aliphatic rings. The number of nitrogens with one attached hydrogen (secondary N) is 1. The Bertz CT molecular complexity index is 436. The van der Waals surface area contributed by atoms with Crippen LogP contribution in [-0.2, 0) is 9.53 Å². The van der Waals surface area contributed by atoms with E-state index in [0.29, 0.717) is 24.8 Å². The van der Waals surface area contributed by atoms with Crippen molar-refractivity contribution in [2.45, 2.75) is 33.1 Å². The number of hydrogen-bond donors (Lipinski definition) is 2. The lowest BCUT2D eigenvalue weighted by atomic mass is 10.1. The quantitative estimate of drug-likeness (QED) is 0.568. The van der Waals surface area contributed by atoms with Crippen molar-refractivity contribution in [3.8, 4) is 0 Å². The zero-order valence-corrected chi connectivity index (χ0v) is 12.1. The molecule has 0 spiro atoms. The smallest absolute Gasteiger partial charge is 0.226 e. The number of anilines is 2. The Hall–Kier alpha value is -1.62. The predicted octanol–water partition coefficient (Wildman–Crippen LogP) is 3.19. The Morgan fingerprint density at radius 1 is 1.40 bits per heavy atom. The fourth-order valence-corrected chi connectivity index (χ4v) is 1.71. The summed E-state index contributed by atoms with van der Waals surface area (Å²) in [5.41, 5.74) is 5.94. The van der Waals surface area contributed by atoms with Crippen LogP contribution in [0.5, 0.6) is 0 Å². The summed E-state index contributed by atoms with van der Waals surface area (Å²) in [5.74, 6) is 0.0159. The van der Waals surface area contributed by atoms with Crippen LogP contribution in [0.2, 0.25) is 0 Å². The number of ether oxygens (including phenoxy) is 1. The number of hydrogen-bond acceptors (Lipinski definition) is 3. The molecule has 1 amide bonds. The first kappa shape index (κ1) is 16.4. The zero-order valence-electron chi connectivity index (χ0n) is 12.1. The lowest BCUT2D eigenvalue weighted by Gasteiger charge is -2.08. The summed E-state index contributed by atoms with van der Waals surface area (Å²) in [6.07, 6.45) is 2.41. The second-order valence-corrected chi connectivity index (χ2v) is 5.18. The standard InChI is InChI=1S/C15H23FN2O2/c1-11(2)4-3-8-20-9-7-15(19)18-12-5-6-13(16)14(17)10-12/h5-6,10-11H,3-4,7-9,17H2,1-2H3,(H,18,19). The average Bonchev–Trinajstić information content (AvgIpc) is 2.38. The Labute approximate surface area is 119 Å². The van der Waals surface area contributed by atoms with Gasteiger partial charge in [-0.25, -0.2) is 4.39 Å². The van der Waals surface area contributed by atoms with Gasteiger partial charge < -0.3 is 15.8 Å². The van der Waals surface area contributed by atoms with Crippen molar-refractivity contribution in [1.29, 1.82) is 0 Å². The van der Waals surface area contributed by atoms with Crippen molar-refractivity contribution >= 4 is 17.3 Å². The number of halogens is 1. The lowest BCUT2D eigenvalue weighted by Crippen LogP contribution is -2.14. The third-order valence-corrected chi connectivity index (χ3v) is 2.82. The van der Waals surface area contributed by atoms with E-state index in [4.69, 9.17) is 10.5 Å². The summed E-state index contributed by atoms with van der Waals surface area (Å²) in [6.45, 7) is 5.40. The molecule has 0 saturated heterocycles. The van der Waals surface area contributed by atoms with Crippen molar-refractivity contribution in [2.75, 3.05) is 24.3 Å². The van der Waals surface area contributed by atoms with Crippen LogP contribution in [0.25, 0.3) is 0 Å². The molecule has 4 nitrogen and oxygen atoms in total. The van der Waals surface area contributed by atoms with Crippen LogP contribution in [0.3, 0.4) is 0 Å². The fourth-order valence-electron chi connectivity index (χ4n) is 1.71. The third-order valence-electron chi connectivity index (χ3n) is 2.82. The van der Waals surface area contributed by atoms with E-state index in [-0.39, 0.29) is 18.0 Å². The minimum absolute atomic E-state index is 0.0211. The molecule has 0 aliphatic carbocycles. The van der Waals surface area contributed by atoms with Gasteiger partial charge in [0.25, 0.3) is 0 Å². The zero-order chi connectivity index (χ0) is 15.0. The van der Waals surface area contributed by atoms with Crippen LogP contribution in [0, 0.1) is 11.7 Å². The molecule has 112 valence electrons. The van der Waals surface area contributed by atoms with Crippen LogP contribution in [0.1, 0.15) is 33.1 Å². The van der Waals surface area contributed by atoms with Crippen LogP contribution in [0.4, 0.5) is 15.8 Å². The summed E-state index contributed by atoms with van der Waals surface area (Å²) in [6, 6.07) is 4.11. The van der Waals surface area contributed by atoms with Crippen molar-refractivity contribution in [3.05, 3.63) is 24.0 Å². The highest BCUT2D eigenvalue weighted by Crippen LogP contribution is 2.16.